The van der Waals surface area contributed by atoms with Crippen molar-refractivity contribution in [1.82, 2.24) is 5.32 Å². The van der Waals surface area contributed by atoms with Crippen LogP contribution < -0.4 is 5.32 Å². The number of unbranched alkanes of at least 4 members (excludes halogenated alkanes) is 17. The fourth-order valence-corrected chi connectivity index (χ4v) is 7.44. The average Bonchev–Trinajstić information content (AvgIpc) is 3.24. The minimum atomic E-state index is -1.79. The Bertz CT molecular complexity index is 1150. The molecule has 2 heterocycles. The van der Waals surface area contributed by atoms with Crippen molar-refractivity contribution >= 4 is 5.91 Å². The van der Waals surface area contributed by atoms with Crippen LogP contribution in [0.4, 0.5) is 0 Å². The maximum atomic E-state index is 13.0. The van der Waals surface area contributed by atoms with Crippen LogP contribution in [0, 0.1) is 0 Å². The molecule has 0 spiro atoms. The monoisotopic (exact) mass is 858 g/mol. The summed E-state index contributed by atoms with van der Waals surface area (Å²) < 4.78 is 22.6. The summed E-state index contributed by atoms with van der Waals surface area (Å²) in [4.78, 5) is 13.0. The summed E-state index contributed by atoms with van der Waals surface area (Å²) in [7, 11) is 0. The molecule has 2 fully saturated rings. The average molecular weight is 858 g/mol. The Morgan fingerprint density at radius 1 is 0.583 bits per heavy atom. The summed E-state index contributed by atoms with van der Waals surface area (Å²) in [6, 6.07) is -0.931. The molecule has 0 aromatic rings. The smallest absolute Gasteiger partial charge is 0.220 e. The summed E-state index contributed by atoms with van der Waals surface area (Å²) in [5.41, 5.74) is 0. The molecule has 2 aliphatic heterocycles. The van der Waals surface area contributed by atoms with Crippen LogP contribution in [0.1, 0.15) is 155 Å². The molecule has 1 amide bonds. The van der Waals surface area contributed by atoms with Gasteiger partial charge >= 0.3 is 0 Å². The van der Waals surface area contributed by atoms with Gasteiger partial charge in [0, 0.05) is 6.42 Å². The van der Waals surface area contributed by atoms with E-state index in [1.165, 1.54) is 77.0 Å². The number of carbonyl (C=O) groups excluding carboxylic acids is 1. The molecule has 0 radical (unpaired) electrons. The molecule has 2 aliphatic rings. The van der Waals surface area contributed by atoms with Crippen molar-refractivity contribution < 1.29 is 64.6 Å². The highest BCUT2D eigenvalue weighted by Crippen LogP contribution is 2.30. The first-order valence-corrected chi connectivity index (χ1v) is 23.2. The minimum absolute atomic E-state index is 0.259. The van der Waals surface area contributed by atoms with Gasteiger partial charge in [0.25, 0.3) is 0 Å². The standard InChI is InChI=1S/C46H83NO13/c1-3-5-7-9-11-13-14-15-16-17-18-19-20-22-23-25-27-29-35(50)34(47-38(51)30-28-26-24-21-12-10-8-6-4-2)33-57-45-43(56)41(54)44(37(32-49)59-45)60-46-42(55)40(53)39(52)36(31-48)58-46/h16-17,20,22,27,29,34-37,39-46,48-50,52-56H,3-15,18-19,21,23-26,28,30-33H2,1-2H3,(H,47,51)/b17-16+,22-20+,29-27+. The second kappa shape index (κ2) is 33.7. The van der Waals surface area contributed by atoms with Crippen molar-refractivity contribution in [2.45, 2.75) is 229 Å². The SMILES string of the molecule is CCCCCCCCC/C=C/CC/C=C/CC/C=C/C(O)C(COC1OC(CO)C(OC2OC(CO)C(O)C(O)C2O)C(O)C1O)NC(=O)CCCCCCCCCCC. The second-order valence-electron chi connectivity index (χ2n) is 16.5. The van der Waals surface area contributed by atoms with Gasteiger partial charge in [-0.05, 0) is 44.9 Å². The van der Waals surface area contributed by atoms with E-state index in [9.17, 15) is 45.6 Å². The third kappa shape index (κ3) is 21.5. The van der Waals surface area contributed by atoms with Crippen molar-refractivity contribution in [3.63, 3.8) is 0 Å². The number of amides is 1. The van der Waals surface area contributed by atoms with Crippen LogP contribution in [0.3, 0.4) is 0 Å². The number of aliphatic hydroxyl groups excluding tert-OH is 8. The summed E-state index contributed by atoms with van der Waals surface area (Å²) >= 11 is 0. The fourth-order valence-electron chi connectivity index (χ4n) is 7.44. The van der Waals surface area contributed by atoms with Gasteiger partial charge in [0.15, 0.2) is 12.6 Å². The number of allylic oxidation sites excluding steroid dienone is 5. The first-order valence-electron chi connectivity index (χ1n) is 23.2. The van der Waals surface area contributed by atoms with E-state index in [-0.39, 0.29) is 18.9 Å². The van der Waals surface area contributed by atoms with E-state index in [0.717, 1.165) is 44.9 Å². The van der Waals surface area contributed by atoms with Gasteiger partial charge in [0.2, 0.25) is 5.91 Å². The third-order valence-electron chi connectivity index (χ3n) is 11.3. The number of aliphatic hydroxyl groups is 8. The van der Waals surface area contributed by atoms with Crippen molar-refractivity contribution in [2.24, 2.45) is 0 Å². The van der Waals surface area contributed by atoms with Crippen molar-refractivity contribution in [3.8, 4) is 0 Å². The lowest BCUT2D eigenvalue weighted by molar-refractivity contribution is -0.359. The quantitative estimate of drug-likeness (QED) is 0.0315. The summed E-state index contributed by atoms with van der Waals surface area (Å²) in [5, 5.41) is 86.4. The van der Waals surface area contributed by atoms with Crippen molar-refractivity contribution in [3.05, 3.63) is 36.5 Å². The lowest BCUT2D eigenvalue weighted by atomic mass is 9.97. The Morgan fingerprint density at radius 2 is 1.07 bits per heavy atom. The molecule has 14 nitrogen and oxygen atoms in total. The van der Waals surface area contributed by atoms with Gasteiger partial charge in [-0.15, -0.1) is 0 Å². The molecule has 12 unspecified atom stereocenters. The number of carbonyl (C=O) groups is 1. The van der Waals surface area contributed by atoms with E-state index in [1.807, 2.05) is 6.08 Å². The highest BCUT2D eigenvalue weighted by Gasteiger charge is 2.50. The zero-order valence-corrected chi connectivity index (χ0v) is 36.7. The molecule has 14 heteroatoms. The lowest BCUT2D eigenvalue weighted by Gasteiger charge is -2.46. The van der Waals surface area contributed by atoms with Crippen molar-refractivity contribution in [1.29, 1.82) is 0 Å². The van der Waals surface area contributed by atoms with Gasteiger partial charge in [-0.2, -0.15) is 0 Å². The van der Waals surface area contributed by atoms with E-state index in [0.29, 0.717) is 12.8 Å². The molecule has 0 aromatic heterocycles. The summed E-state index contributed by atoms with van der Waals surface area (Å²) in [5.74, 6) is -0.259. The fraction of sp³-hybridized carbons (Fsp3) is 0.848. The predicted molar refractivity (Wildman–Crippen MR) is 231 cm³/mol. The number of nitrogens with one attached hydrogen (secondary N) is 1. The molecule has 0 aromatic carbocycles. The molecular weight excluding hydrogens is 774 g/mol. The first kappa shape index (κ1) is 54.3. The number of rotatable bonds is 34. The molecule has 0 bridgehead atoms. The van der Waals surface area contributed by atoms with Crippen LogP contribution in [0.15, 0.2) is 36.5 Å². The minimum Gasteiger partial charge on any atom is -0.394 e. The molecule has 60 heavy (non-hydrogen) atoms. The Morgan fingerprint density at radius 3 is 1.63 bits per heavy atom. The van der Waals surface area contributed by atoms with Crippen LogP contribution in [-0.2, 0) is 23.7 Å². The molecule has 350 valence electrons. The third-order valence-corrected chi connectivity index (χ3v) is 11.3. The molecular formula is C46H83NO13. The second-order valence-corrected chi connectivity index (χ2v) is 16.5. The Kier molecular flexibility index (Phi) is 30.5. The highest BCUT2D eigenvalue weighted by molar-refractivity contribution is 5.76. The van der Waals surface area contributed by atoms with Gasteiger partial charge < -0.3 is 65.1 Å². The molecule has 0 aliphatic carbocycles. The zero-order valence-electron chi connectivity index (χ0n) is 36.7. The highest BCUT2D eigenvalue weighted by atomic mass is 16.7. The van der Waals surface area contributed by atoms with Gasteiger partial charge in [0.05, 0.1) is 32.0 Å². The molecule has 9 N–H and O–H groups in total. The first-order chi connectivity index (χ1) is 29.1. The van der Waals surface area contributed by atoms with Crippen LogP contribution in [0.25, 0.3) is 0 Å². The van der Waals surface area contributed by atoms with Crippen LogP contribution >= 0.6 is 0 Å². The van der Waals surface area contributed by atoms with Crippen LogP contribution in [0.5, 0.6) is 0 Å². The van der Waals surface area contributed by atoms with Gasteiger partial charge in [-0.25, -0.2) is 0 Å². The molecule has 0 saturated carbocycles. The number of hydrogen-bond donors (Lipinski definition) is 9. The largest absolute Gasteiger partial charge is 0.394 e. The Hall–Kier alpha value is -1.79. The number of hydrogen-bond acceptors (Lipinski definition) is 13. The number of ether oxygens (including phenoxy) is 4. The van der Waals surface area contributed by atoms with E-state index < -0.39 is 86.8 Å². The topological polar surface area (TPSA) is 228 Å². The lowest BCUT2D eigenvalue weighted by Crippen LogP contribution is -2.65. The van der Waals surface area contributed by atoms with E-state index in [1.54, 1.807) is 6.08 Å². The summed E-state index contributed by atoms with van der Waals surface area (Å²) in [6.07, 6.45) is 19.2. The van der Waals surface area contributed by atoms with E-state index in [2.05, 4.69) is 43.5 Å². The van der Waals surface area contributed by atoms with E-state index >= 15 is 0 Å². The maximum absolute atomic E-state index is 13.0. The molecule has 2 saturated heterocycles. The van der Waals surface area contributed by atoms with Crippen LogP contribution in [-0.4, -0.2) is 140 Å². The Balaban J connectivity index is 1.91. The molecule has 12 atom stereocenters. The Labute approximate surface area is 360 Å². The molecule has 2 rings (SSSR count). The van der Waals surface area contributed by atoms with Gasteiger partial charge in [-0.1, -0.05) is 140 Å². The van der Waals surface area contributed by atoms with Crippen molar-refractivity contribution in [2.75, 3.05) is 19.8 Å². The van der Waals surface area contributed by atoms with E-state index in [4.69, 9.17) is 18.9 Å². The zero-order chi connectivity index (χ0) is 44.0. The van der Waals surface area contributed by atoms with Crippen LogP contribution in [0.2, 0.25) is 0 Å². The van der Waals surface area contributed by atoms with Gasteiger partial charge in [-0.3, -0.25) is 4.79 Å². The predicted octanol–water partition coefficient (Wildman–Crippen LogP) is 4.76. The maximum Gasteiger partial charge on any atom is 0.220 e. The van der Waals surface area contributed by atoms with Gasteiger partial charge in [0.1, 0.15) is 48.8 Å². The normalized spacial score (nSPS) is 28.6. The summed E-state index contributed by atoms with van der Waals surface area (Å²) in [6.45, 7) is 2.70.